The molecule has 0 radical (unpaired) electrons. The van der Waals surface area contributed by atoms with Crippen LogP contribution in [-0.2, 0) is 32.7 Å². The molecule has 0 aliphatic heterocycles. The van der Waals surface area contributed by atoms with E-state index in [1.807, 2.05) is 0 Å². The van der Waals surface area contributed by atoms with Gasteiger partial charge >= 0.3 is 19.8 Å². The Kier molecular flexibility index (Phi) is 40.6. The van der Waals surface area contributed by atoms with Gasteiger partial charge in [-0.25, -0.2) is 4.57 Å². The Morgan fingerprint density at radius 3 is 1.38 bits per heavy atom. The van der Waals surface area contributed by atoms with E-state index in [1.165, 1.54) is 128 Å². The molecule has 0 bridgehead atoms. The Hall–Kier alpha value is -1.73. The summed E-state index contributed by atoms with van der Waals surface area (Å²) >= 11 is 0. The second kappa shape index (κ2) is 41.9. The Labute approximate surface area is 338 Å². The number of esters is 2. The number of ether oxygens (including phenoxy) is 2. The van der Waals surface area contributed by atoms with Gasteiger partial charge in [-0.2, -0.15) is 0 Å². The number of carbonyl (C=O) groups is 2. The highest BCUT2D eigenvalue weighted by Gasteiger charge is 2.24. The second-order valence-corrected chi connectivity index (χ2v) is 16.7. The molecule has 0 heterocycles. The van der Waals surface area contributed by atoms with Gasteiger partial charge in [0.1, 0.15) is 6.61 Å². The summed E-state index contributed by atoms with van der Waals surface area (Å²) in [6.45, 7) is 3.77. The lowest BCUT2D eigenvalue weighted by Gasteiger charge is -2.19. The molecule has 0 aromatic carbocycles. The SMILES string of the molecule is CC/C=C\C/C=C\C/C=C\CCCCCC(=O)OC(COC(=O)CCCCCCCCCCCCCCCCCCCCCCCCC)COP(=O)(O)OC. The van der Waals surface area contributed by atoms with Gasteiger partial charge in [0, 0.05) is 20.0 Å². The number of unbranched alkanes of at least 4 members (excludes halogenated alkanes) is 25. The maximum atomic E-state index is 12.5. The standard InChI is InChI=1S/C46H85O8P/c1-4-6-8-10-12-14-16-18-19-20-21-22-23-24-25-26-27-29-30-32-34-36-38-40-45(47)52-42-44(43-53-55(49,50)51-3)54-46(48)41-39-37-35-33-31-28-17-15-13-11-9-7-5-2/h7,9,13,15,28,31,44H,4-6,8,10-12,14,16-27,29-30,32-43H2,1-3H3,(H,49,50)/b9-7-,15-13-,31-28-. The van der Waals surface area contributed by atoms with Crippen molar-refractivity contribution in [3.8, 4) is 0 Å². The first kappa shape index (κ1) is 53.3. The molecular weight excluding hydrogens is 711 g/mol. The van der Waals surface area contributed by atoms with E-state index in [4.69, 9.17) is 14.0 Å². The van der Waals surface area contributed by atoms with Crippen LogP contribution in [0.25, 0.3) is 0 Å². The Bertz CT molecular complexity index is 994. The predicted octanol–water partition coefficient (Wildman–Crippen LogP) is 14.4. The molecule has 55 heavy (non-hydrogen) atoms. The van der Waals surface area contributed by atoms with Gasteiger partial charge in [0.25, 0.3) is 0 Å². The minimum Gasteiger partial charge on any atom is -0.462 e. The zero-order valence-electron chi connectivity index (χ0n) is 35.8. The highest BCUT2D eigenvalue weighted by Crippen LogP contribution is 2.42. The molecular formula is C46H85O8P. The van der Waals surface area contributed by atoms with E-state index in [9.17, 15) is 19.0 Å². The van der Waals surface area contributed by atoms with Crippen molar-refractivity contribution in [3.05, 3.63) is 36.5 Å². The molecule has 0 saturated heterocycles. The third-order valence-electron chi connectivity index (χ3n) is 9.90. The molecule has 2 unspecified atom stereocenters. The van der Waals surface area contributed by atoms with E-state index >= 15 is 0 Å². The molecule has 0 saturated carbocycles. The first-order chi connectivity index (χ1) is 26.8. The largest absolute Gasteiger partial charge is 0.472 e. The molecule has 0 fully saturated rings. The van der Waals surface area contributed by atoms with Gasteiger partial charge in [-0.15, -0.1) is 0 Å². The van der Waals surface area contributed by atoms with Crippen LogP contribution in [0, 0.1) is 0 Å². The number of hydrogen-bond acceptors (Lipinski definition) is 7. The minimum absolute atomic E-state index is 0.211. The van der Waals surface area contributed by atoms with Crippen molar-refractivity contribution >= 4 is 19.8 Å². The fraction of sp³-hybridized carbons (Fsp3) is 0.826. The third-order valence-corrected chi connectivity index (χ3v) is 10.8. The molecule has 8 nitrogen and oxygen atoms in total. The number of allylic oxidation sites excluding steroid dienone is 6. The zero-order valence-corrected chi connectivity index (χ0v) is 36.7. The van der Waals surface area contributed by atoms with Crippen molar-refractivity contribution in [2.45, 2.75) is 225 Å². The van der Waals surface area contributed by atoms with Gasteiger partial charge in [0.05, 0.1) is 6.61 Å². The van der Waals surface area contributed by atoms with E-state index in [2.05, 4.69) is 54.8 Å². The van der Waals surface area contributed by atoms with Crippen LogP contribution in [0.3, 0.4) is 0 Å². The zero-order chi connectivity index (χ0) is 40.3. The molecule has 9 heteroatoms. The van der Waals surface area contributed by atoms with Crippen LogP contribution in [0.15, 0.2) is 36.5 Å². The van der Waals surface area contributed by atoms with Gasteiger partial charge in [0.2, 0.25) is 0 Å². The van der Waals surface area contributed by atoms with Crippen molar-refractivity contribution in [2.75, 3.05) is 20.3 Å². The first-order valence-corrected chi connectivity index (χ1v) is 24.2. The quantitative estimate of drug-likeness (QED) is 0.0281. The summed E-state index contributed by atoms with van der Waals surface area (Å²) in [6, 6.07) is 0. The predicted molar refractivity (Wildman–Crippen MR) is 230 cm³/mol. The Morgan fingerprint density at radius 2 is 0.927 bits per heavy atom. The number of hydrogen-bond donors (Lipinski definition) is 1. The van der Waals surface area contributed by atoms with E-state index in [1.54, 1.807) is 0 Å². The third kappa shape index (κ3) is 41.7. The highest BCUT2D eigenvalue weighted by atomic mass is 31.2. The van der Waals surface area contributed by atoms with E-state index < -0.39 is 26.5 Å². The van der Waals surface area contributed by atoms with Crippen LogP contribution in [-0.4, -0.2) is 43.3 Å². The summed E-state index contributed by atoms with van der Waals surface area (Å²) in [5.41, 5.74) is 0. The normalized spacial score (nSPS) is 13.6. The number of rotatable bonds is 42. The van der Waals surface area contributed by atoms with Crippen molar-refractivity contribution in [2.24, 2.45) is 0 Å². The lowest BCUT2D eigenvalue weighted by molar-refractivity contribution is -0.161. The first-order valence-electron chi connectivity index (χ1n) is 22.7. The fourth-order valence-corrected chi connectivity index (χ4v) is 6.90. The van der Waals surface area contributed by atoms with Crippen molar-refractivity contribution in [1.82, 2.24) is 0 Å². The molecule has 0 aliphatic carbocycles. The molecule has 322 valence electrons. The van der Waals surface area contributed by atoms with Crippen molar-refractivity contribution in [1.29, 1.82) is 0 Å². The molecule has 0 rings (SSSR count). The summed E-state index contributed by atoms with van der Waals surface area (Å²) in [5, 5.41) is 0. The fourth-order valence-electron chi connectivity index (χ4n) is 6.44. The molecule has 0 aromatic rings. The summed E-state index contributed by atoms with van der Waals surface area (Å²) in [6.07, 6.45) is 49.3. The second-order valence-electron chi connectivity index (χ2n) is 15.2. The molecule has 0 spiro atoms. The van der Waals surface area contributed by atoms with Crippen molar-refractivity contribution < 1.29 is 37.6 Å². The van der Waals surface area contributed by atoms with Crippen molar-refractivity contribution in [3.63, 3.8) is 0 Å². The van der Waals surface area contributed by atoms with Gasteiger partial charge in [-0.05, 0) is 44.9 Å². The van der Waals surface area contributed by atoms with Crippen LogP contribution in [0.4, 0.5) is 0 Å². The average molecular weight is 797 g/mol. The maximum absolute atomic E-state index is 12.5. The summed E-state index contributed by atoms with van der Waals surface area (Å²) in [7, 11) is -3.21. The molecule has 1 N–H and O–H groups in total. The summed E-state index contributed by atoms with van der Waals surface area (Å²) < 4.78 is 32.0. The molecule has 0 aliphatic rings. The van der Waals surface area contributed by atoms with Gasteiger partial charge in [-0.1, -0.05) is 198 Å². The smallest absolute Gasteiger partial charge is 0.462 e. The minimum atomic E-state index is -4.27. The van der Waals surface area contributed by atoms with Gasteiger partial charge < -0.3 is 14.4 Å². The summed E-state index contributed by atoms with van der Waals surface area (Å²) in [5.74, 6) is -0.831. The van der Waals surface area contributed by atoms with Crippen LogP contribution >= 0.6 is 7.82 Å². The number of phosphoric ester groups is 1. The van der Waals surface area contributed by atoms with E-state index in [0.29, 0.717) is 6.42 Å². The average Bonchev–Trinajstić information content (AvgIpc) is 3.18. The molecule has 0 amide bonds. The Morgan fingerprint density at radius 1 is 0.527 bits per heavy atom. The topological polar surface area (TPSA) is 108 Å². The van der Waals surface area contributed by atoms with Gasteiger partial charge in [-0.3, -0.25) is 18.6 Å². The van der Waals surface area contributed by atoms with Gasteiger partial charge in [0.15, 0.2) is 6.10 Å². The lowest BCUT2D eigenvalue weighted by Crippen LogP contribution is -2.29. The molecule has 0 aromatic heterocycles. The van der Waals surface area contributed by atoms with Crippen LogP contribution < -0.4 is 0 Å². The number of phosphoric acid groups is 1. The van der Waals surface area contributed by atoms with E-state index in [-0.39, 0.29) is 25.4 Å². The lowest BCUT2D eigenvalue weighted by atomic mass is 10.0. The highest BCUT2D eigenvalue weighted by molar-refractivity contribution is 7.47. The monoisotopic (exact) mass is 797 g/mol. The maximum Gasteiger partial charge on any atom is 0.472 e. The van der Waals surface area contributed by atoms with Crippen LogP contribution in [0.1, 0.15) is 219 Å². The Balaban J connectivity index is 3.89. The molecule has 2 atom stereocenters. The number of carbonyl (C=O) groups excluding carboxylic acids is 2. The summed E-state index contributed by atoms with van der Waals surface area (Å²) in [4.78, 5) is 34.5. The van der Waals surface area contributed by atoms with E-state index in [0.717, 1.165) is 64.9 Å². The van der Waals surface area contributed by atoms with Crippen LogP contribution in [0.5, 0.6) is 0 Å². The van der Waals surface area contributed by atoms with Crippen LogP contribution in [0.2, 0.25) is 0 Å².